The molecule has 2 aromatic rings. The number of nitrogens with one attached hydrogen (secondary N) is 1. The minimum absolute atomic E-state index is 0.0362. The number of aryl methyl sites for hydroxylation is 1. The average Bonchev–Trinajstić information content (AvgIpc) is 3.54. The second kappa shape index (κ2) is 11.7. The summed E-state index contributed by atoms with van der Waals surface area (Å²) in [7, 11) is 0. The van der Waals surface area contributed by atoms with Gasteiger partial charge in [-0.15, -0.1) is 0 Å². The van der Waals surface area contributed by atoms with E-state index >= 15 is 0 Å². The van der Waals surface area contributed by atoms with Crippen LogP contribution < -0.4 is 15.0 Å². The maximum atomic E-state index is 12.3. The zero-order valence-electron chi connectivity index (χ0n) is 20.2. The first-order valence-corrected chi connectivity index (χ1v) is 12.4. The number of aliphatic hydroxyl groups is 1. The molecule has 9 nitrogen and oxygen atoms in total. The Bertz CT molecular complexity index is 935. The fourth-order valence-electron chi connectivity index (χ4n) is 4.57. The van der Waals surface area contributed by atoms with Crippen molar-refractivity contribution in [1.82, 2.24) is 15.5 Å². The molecule has 2 aliphatic rings. The number of piperidine rings is 1. The Morgan fingerprint density at radius 2 is 2.15 bits per heavy atom. The summed E-state index contributed by atoms with van der Waals surface area (Å²) in [6.07, 6.45) is 6.30. The van der Waals surface area contributed by atoms with Gasteiger partial charge in [0.2, 0.25) is 0 Å². The van der Waals surface area contributed by atoms with Crippen molar-refractivity contribution in [2.24, 2.45) is 5.92 Å². The lowest BCUT2D eigenvalue weighted by Gasteiger charge is -2.30. The van der Waals surface area contributed by atoms with Crippen molar-refractivity contribution >= 4 is 11.9 Å². The van der Waals surface area contributed by atoms with Gasteiger partial charge in [0.05, 0.1) is 13.2 Å². The SMILES string of the molecule is Cc1cc(OCCCC2CCN(c3noc(C4CCCO4)n3)CC2)ccc1C(=O)N[C@H](C)CO. The molecule has 3 heterocycles. The number of ether oxygens (including phenoxy) is 2. The standard InChI is InChI=1S/C25H36N4O5/c1-17-15-20(7-8-21(17)23(31)26-18(2)16-30)32-13-3-5-19-9-11-29(12-10-19)25-27-24(34-28-25)22-6-4-14-33-22/h7-8,15,18-19,22,30H,3-6,9-14,16H2,1-2H3,(H,26,31)/t18-,22?/m1/s1. The summed E-state index contributed by atoms with van der Waals surface area (Å²) >= 11 is 0. The van der Waals surface area contributed by atoms with Gasteiger partial charge in [-0.2, -0.15) is 4.98 Å². The van der Waals surface area contributed by atoms with Crippen LogP contribution in [0, 0.1) is 12.8 Å². The first kappa shape index (κ1) is 24.5. The summed E-state index contributed by atoms with van der Waals surface area (Å²) in [5.41, 5.74) is 1.46. The predicted octanol–water partition coefficient (Wildman–Crippen LogP) is 3.42. The highest BCUT2D eigenvalue weighted by molar-refractivity contribution is 5.95. The molecule has 9 heteroatoms. The Morgan fingerprint density at radius 3 is 2.85 bits per heavy atom. The second-order valence-corrected chi connectivity index (χ2v) is 9.39. The topological polar surface area (TPSA) is 110 Å². The Hall–Kier alpha value is -2.65. The second-order valence-electron chi connectivity index (χ2n) is 9.39. The zero-order chi connectivity index (χ0) is 23.9. The van der Waals surface area contributed by atoms with Crippen LogP contribution in [0.5, 0.6) is 5.75 Å². The van der Waals surface area contributed by atoms with E-state index in [1.807, 2.05) is 19.1 Å². The number of carbonyl (C=O) groups is 1. The number of anilines is 1. The first-order valence-electron chi connectivity index (χ1n) is 12.4. The maximum Gasteiger partial charge on any atom is 0.266 e. The van der Waals surface area contributed by atoms with Crippen LogP contribution in [0.3, 0.4) is 0 Å². The van der Waals surface area contributed by atoms with E-state index < -0.39 is 0 Å². The number of nitrogens with zero attached hydrogens (tertiary/aromatic N) is 3. The van der Waals surface area contributed by atoms with Crippen molar-refractivity contribution in [3.63, 3.8) is 0 Å². The lowest BCUT2D eigenvalue weighted by atomic mass is 9.92. The molecule has 1 aromatic heterocycles. The summed E-state index contributed by atoms with van der Waals surface area (Å²) in [4.78, 5) is 19.0. The van der Waals surface area contributed by atoms with Crippen molar-refractivity contribution in [3.8, 4) is 5.75 Å². The van der Waals surface area contributed by atoms with Crippen LogP contribution in [0.25, 0.3) is 0 Å². The smallest absolute Gasteiger partial charge is 0.266 e. The van der Waals surface area contributed by atoms with Gasteiger partial charge in [0.25, 0.3) is 17.7 Å². The van der Waals surface area contributed by atoms with Crippen LogP contribution in [0.4, 0.5) is 5.95 Å². The molecule has 2 N–H and O–H groups in total. The number of rotatable bonds is 10. The fourth-order valence-corrected chi connectivity index (χ4v) is 4.57. The van der Waals surface area contributed by atoms with Gasteiger partial charge in [-0.25, -0.2) is 0 Å². The molecule has 2 saturated heterocycles. The van der Waals surface area contributed by atoms with Gasteiger partial charge >= 0.3 is 0 Å². The molecule has 186 valence electrons. The van der Waals surface area contributed by atoms with Gasteiger partial charge in [-0.1, -0.05) is 0 Å². The molecule has 2 atom stereocenters. The van der Waals surface area contributed by atoms with E-state index in [1.165, 1.54) is 0 Å². The van der Waals surface area contributed by atoms with Crippen molar-refractivity contribution in [2.45, 2.75) is 64.5 Å². The summed E-state index contributed by atoms with van der Waals surface area (Å²) in [6.45, 7) is 6.88. The summed E-state index contributed by atoms with van der Waals surface area (Å²) in [6, 6.07) is 5.24. The molecule has 4 rings (SSSR count). The summed E-state index contributed by atoms with van der Waals surface area (Å²) in [5, 5.41) is 16.0. The monoisotopic (exact) mass is 472 g/mol. The molecule has 0 radical (unpaired) electrons. The van der Waals surface area contributed by atoms with Gasteiger partial charge in [-0.3, -0.25) is 4.79 Å². The van der Waals surface area contributed by atoms with Crippen molar-refractivity contribution < 1.29 is 23.9 Å². The molecule has 2 aliphatic heterocycles. The number of aliphatic hydroxyl groups excluding tert-OH is 1. The minimum atomic E-state index is -0.272. The summed E-state index contributed by atoms with van der Waals surface area (Å²) < 4.78 is 17.0. The highest BCUT2D eigenvalue weighted by atomic mass is 16.5. The van der Waals surface area contributed by atoms with Crippen molar-refractivity contribution in [1.29, 1.82) is 0 Å². The van der Waals surface area contributed by atoms with E-state index in [4.69, 9.17) is 19.1 Å². The van der Waals surface area contributed by atoms with Crippen LogP contribution in [-0.2, 0) is 4.74 Å². The van der Waals surface area contributed by atoms with Crippen LogP contribution >= 0.6 is 0 Å². The van der Waals surface area contributed by atoms with E-state index in [9.17, 15) is 4.79 Å². The number of amides is 1. The van der Waals surface area contributed by atoms with Crippen LogP contribution in [0.15, 0.2) is 22.7 Å². The number of benzene rings is 1. The number of hydrogen-bond acceptors (Lipinski definition) is 8. The van der Waals surface area contributed by atoms with Crippen LogP contribution in [-0.4, -0.2) is 60.1 Å². The third-order valence-corrected chi connectivity index (χ3v) is 6.65. The molecule has 1 amide bonds. The van der Waals surface area contributed by atoms with Crippen LogP contribution in [0.2, 0.25) is 0 Å². The maximum absolute atomic E-state index is 12.3. The number of carbonyl (C=O) groups excluding carboxylic acids is 1. The Balaban J connectivity index is 1.15. The fraction of sp³-hybridized carbons (Fsp3) is 0.640. The predicted molar refractivity (Wildman–Crippen MR) is 127 cm³/mol. The minimum Gasteiger partial charge on any atom is -0.494 e. The third-order valence-electron chi connectivity index (χ3n) is 6.65. The molecule has 0 saturated carbocycles. The molecule has 0 bridgehead atoms. The van der Waals surface area contributed by atoms with Gasteiger partial charge in [0.15, 0.2) is 0 Å². The molecule has 1 unspecified atom stereocenters. The van der Waals surface area contributed by atoms with Crippen molar-refractivity contribution in [3.05, 3.63) is 35.2 Å². The molecule has 1 aromatic carbocycles. The Kier molecular flexibility index (Phi) is 8.39. The molecule has 2 fully saturated rings. The lowest BCUT2D eigenvalue weighted by Crippen LogP contribution is -2.35. The normalized spacial score (nSPS) is 19.9. The third kappa shape index (κ3) is 6.27. The first-order chi connectivity index (χ1) is 16.5. The van der Waals surface area contributed by atoms with E-state index in [0.29, 0.717) is 29.9 Å². The average molecular weight is 473 g/mol. The zero-order valence-corrected chi connectivity index (χ0v) is 20.2. The Morgan fingerprint density at radius 1 is 1.32 bits per heavy atom. The van der Waals surface area contributed by atoms with E-state index in [-0.39, 0.29) is 24.7 Å². The molecular weight excluding hydrogens is 436 g/mol. The van der Waals surface area contributed by atoms with E-state index in [2.05, 4.69) is 20.4 Å². The van der Waals surface area contributed by atoms with Gasteiger partial charge < -0.3 is 29.3 Å². The molecule has 34 heavy (non-hydrogen) atoms. The van der Waals surface area contributed by atoms with E-state index in [1.54, 1.807) is 13.0 Å². The highest BCUT2D eigenvalue weighted by Crippen LogP contribution is 2.30. The van der Waals surface area contributed by atoms with Gasteiger partial charge in [0.1, 0.15) is 11.9 Å². The van der Waals surface area contributed by atoms with E-state index in [0.717, 1.165) is 69.5 Å². The molecule has 0 spiro atoms. The molecular formula is C25H36N4O5. The largest absolute Gasteiger partial charge is 0.494 e. The highest BCUT2D eigenvalue weighted by Gasteiger charge is 2.27. The number of aromatic nitrogens is 2. The Labute approximate surface area is 200 Å². The number of hydrogen-bond donors (Lipinski definition) is 2. The lowest BCUT2D eigenvalue weighted by molar-refractivity contribution is 0.0835. The van der Waals surface area contributed by atoms with Gasteiger partial charge in [0, 0.05) is 31.3 Å². The quantitative estimate of drug-likeness (QED) is 0.506. The molecule has 0 aliphatic carbocycles. The van der Waals surface area contributed by atoms with Crippen LogP contribution in [0.1, 0.15) is 73.4 Å². The summed E-state index contributed by atoms with van der Waals surface area (Å²) in [5.74, 6) is 2.56. The van der Waals surface area contributed by atoms with Crippen molar-refractivity contribution in [2.75, 3.05) is 37.8 Å². The van der Waals surface area contributed by atoms with Gasteiger partial charge in [-0.05, 0) is 87.2 Å².